The summed E-state index contributed by atoms with van der Waals surface area (Å²) in [7, 11) is 0. The fourth-order valence-electron chi connectivity index (χ4n) is 2.34. The molecule has 0 radical (unpaired) electrons. The van der Waals surface area contributed by atoms with Crippen molar-refractivity contribution in [3.63, 3.8) is 0 Å². The molecular weight excluding hydrogens is 348 g/mol. The zero-order chi connectivity index (χ0) is 18.5. The summed E-state index contributed by atoms with van der Waals surface area (Å²) in [5, 5.41) is 15.4. The highest BCUT2D eigenvalue weighted by molar-refractivity contribution is 6.30. The Kier molecular flexibility index (Phi) is 5.16. The lowest BCUT2D eigenvalue weighted by molar-refractivity contribution is 0.102. The molecule has 26 heavy (non-hydrogen) atoms. The summed E-state index contributed by atoms with van der Waals surface area (Å²) in [6.45, 7) is 1.96. The number of hydrogen-bond donors (Lipinski definition) is 2. The molecular formula is C20H15ClN4O. The van der Waals surface area contributed by atoms with Gasteiger partial charge in [0.2, 0.25) is 0 Å². The number of nitrogens with one attached hydrogen (secondary N) is 2. The van der Waals surface area contributed by atoms with E-state index in [0.29, 0.717) is 27.7 Å². The van der Waals surface area contributed by atoms with Crippen LogP contribution in [0.15, 0.2) is 60.8 Å². The van der Waals surface area contributed by atoms with Crippen molar-refractivity contribution in [1.29, 1.82) is 5.26 Å². The van der Waals surface area contributed by atoms with Crippen LogP contribution in [0.3, 0.4) is 0 Å². The summed E-state index contributed by atoms with van der Waals surface area (Å²) in [4.78, 5) is 16.7. The molecule has 0 aliphatic heterocycles. The third-order valence-electron chi connectivity index (χ3n) is 3.76. The van der Waals surface area contributed by atoms with Gasteiger partial charge in [-0.15, -0.1) is 0 Å². The average Bonchev–Trinajstić information content (AvgIpc) is 2.65. The second-order valence-corrected chi connectivity index (χ2v) is 6.09. The molecule has 3 aromatic rings. The maximum absolute atomic E-state index is 12.4. The largest absolute Gasteiger partial charge is 0.340 e. The molecule has 0 bridgehead atoms. The van der Waals surface area contributed by atoms with Crippen LogP contribution < -0.4 is 10.6 Å². The van der Waals surface area contributed by atoms with Gasteiger partial charge in [0, 0.05) is 28.2 Å². The number of amides is 1. The van der Waals surface area contributed by atoms with Crippen molar-refractivity contribution < 1.29 is 4.79 Å². The van der Waals surface area contributed by atoms with Crippen LogP contribution in [-0.4, -0.2) is 10.9 Å². The van der Waals surface area contributed by atoms with Gasteiger partial charge in [-0.3, -0.25) is 4.79 Å². The molecule has 1 heterocycles. The number of nitrogens with zero attached hydrogens (tertiary/aromatic N) is 2. The van der Waals surface area contributed by atoms with Crippen LogP contribution in [0.2, 0.25) is 5.02 Å². The van der Waals surface area contributed by atoms with Crippen LogP contribution in [0.5, 0.6) is 0 Å². The SMILES string of the molecule is Cc1ccc(Cl)cc1Nc1cc(C(=O)Nc2ccc(C#N)cc2)ccn1. The van der Waals surface area contributed by atoms with Crippen LogP contribution in [0, 0.1) is 18.3 Å². The first kappa shape index (κ1) is 17.5. The van der Waals surface area contributed by atoms with Crippen molar-refractivity contribution in [2.45, 2.75) is 6.92 Å². The predicted molar refractivity (Wildman–Crippen MR) is 103 cm³/mol. The minimum atomic E-state index is -0.261. The first-order valence-electron chi connectivity index (χ1n) is 7.86. The Hall–Kier alpha value is -3.36. The summed E-state index contributed by atoms with van der Waals surface area (Å²) in [6, 6.07) is 17.5. The van der Waals surface area contributed by atoms with Gasteiger partial charge < -0.3 is 10.6 Å². The average molecular weight is 363 g/mol. The van der Waals surface area contributed by atoms with E-state index < -0.39 is 0 Å². The Morgan fingerprint density at radius 3 is 2.62 bits per heavy atom. The van der Waals surface area contributed by atoms with E-state index in [-0.39, 0.29) is 5.91 Å². The smallest absolute Gasteiger partial charge is 0.255 e. The van der Waals surface area contributed by atoms with E-state index in [0.717, 1.165) is 11.3 Å². The number of halogens is 1. The first-order chi connectivity index (χ1) is 12.5. The fraction of sp³-hybridized carbons (Fsp3) is 0.0500. The van der Waals surface area contributed by atoms with E-state index in [1.54, 1.807) is 42.6 Å². The molecule has 3 rings (SSSR count). The van der Waals surface area contributed by atoms with Crippen molar-refractivity contribution >= 4 is 34.7 Å². The minimum Gasteiger partial charge on any atom is -0.340 e. The third-order valence-corrected chi connectivity index (χ3v) is 3.99. The summed E-state index contributed by atoms with van der Waals surface area (Å²) < 4.78 is 0. The van der Waals surface area contributed by atoms with Gasteiger partial charge in [-0.2, -0.15) is 5.26 Å². The summed E-state index contributed by atoms with van der Waals surface area (Å²) >= 11 is 6.03. The van der Waals surface area contributed by atoms with E-state index in [2.05, 4.69) is 15.6 Å². The highest BCUT2D eigenvalue weighted by Gasteiger charge is 2.09. The standard InChI is InChI=1S/C20H15ClN4O/c1-13-2-5-16(21)11-18(13)25-19-10-15(8-9-23-19)20(26)24-17-6-3-14(12-22)4-7-17/h2-11H,1H3,(H,23,25)(H,24,26). The zero-order valence-electron chi connectivity index (χ0n) is 14.0. The van der Waals surface area contributed by atoms with Crippen LogP contribution in [0.4, 0.5) is 17.2 Å². The Bertz CT molecular complexity index is 993. The van der Waals surface area contributed by atoms with E-state index in [1.807, 2.05) is 31.2 Å². The second-order valence-electron chi connectivity index (χ2n) is 5.66. The van der Waals surface area contributed by atoms with Gasteiger partial charge in [0.25, 0.3) is 5.91 Å². The summed E-state index contributed by atoms with van der Waals surface area (Å²) in [6.07, 6.45) is 1.57. The highest BCUT2D eigenvalue weighted by Crippen LogP contribution is 2.23. The number of rotatable bonds is 4. The topological polar surface area (TPSA) is 77.8 Å². The van der Waals surface area contributed by atoms with Gasteiger partial charge in [-0.05, 0) is 61.0 Å². The summed E-state index contributed by atoms with van der Waals surface area (Å²) in [5.41, 5.74) is 3.46. The van der Waals surface area contributed by atoms with E-state index in [4.69, 9.17) is 16.9 Å². The number of aryl methyl sites for hydroxylation is 1. The lowest BCUT2D eigenvalue weighted by Crippen LogP contribution is -2.12. The molecule has 0 unspecified atom stereocenters. The van der Waals surface area contributed by atoms with Gasteiger partial charge in [0.1, 0.15) is 5.82 Å². The van der Waals surface area contributed by atoms with Crippen LogP contribution in [-0.2, 0) is 0 Å². The molecule has 0 saturated heterocycles. The predicted octanol–water partition coefficient (Wildman–Crippen LogP) is 4.91. The number of benzene rings is 2. The lowest BCUT2D eigenvalue weighted by Gasteiger charge is -2.11. The maximum Gasteiger partial charge on any atom is 0.255 e. The van der Waals surface area contributed by atoms with Crippen molar-refractivity contribution in [2.24, 2.45) is 0 Å². The number of pyridine rings is 1. The van der Waals surface area contributed by atoms with Crippen LogP contribution in [0.25, 0.3) is 0 Å². The summed E-state index contributed by atoms with van der Waals surface area (Å²) in [5.74, 6) is 0.283. The molecule has 0 aliphatic carbocycles. The quantitative estimate of drug-likeness (QED) is 0.691. The van der Waals surface area contributed by atoms with Crippen LogP contribution >= 0.6 is 11.6 Å². The minimum absolute atomic E-state index is 0.261. The number of carbonyl (C=O) groups is 1. The highest BCUT2D eigenvalue weighted by atomic mass is 35.5. The Balaban J connectivity index is 1.76. The zero-order valence-corrected chi connectivity index (χ0v) is 14.7. The van der Waals surface area contributed by atoms with E-state index in [9.17, 15) is 4.79 Å². The number of nitriles is 1. The molecule has 1 amide bonds. The molecule has 0 aliphatic rings. The van der Waals surface area contributed by atoms with Crippen molar-refractivity contribution in [2.75, 3.05) is 10.6 Å². The van der Waals surface area contributed by atoms with Gasteiger partial charge in [0.05, 0.1) is 11.6 Å². The normalized spacial score (nSPS) is 10.0. The van der Waals surface area contributed by atoms with Crippen LogP contribution in [0.1, 0.15) is 21.5 Å². The van der Waals surface area contributed by atoms with Gasteiger partial charge in [0.15, 0.2) is 0 Å². The van der Waals surface area contributed by atoms with Gasteiger partial charge >= 0.3 is 0 Å². The van der Waals surface area contributed by atoms with Gasteiger partial charge in [-0.1, -0.05) is 17.7 Å². The molecule has 0 saturated carbocycles. The Morgan fingerprint density at radius 1 is 1.12 bits per heavy atom. The maximum atomic E-state index is 12.4. The number of carbonyl (C=O) groups excluding carboxylic acids is 1. The number of aromatic nitrogens is 1. The molecule has 0 atom stereocenters. The molecule has 0 spiro atoms. The Morgan fingerprint density at radius 2 is 1.88 bits per heavy atom. The lowest BCUT2D eigenvalue weighted by atomic mass is 10.2. The van der Waals surface area contributed by atoms with Crippen molar-refractivity contribution in [3.05, 3.63) is 82.5 Å². The second kappa shape index (κ2) is 7.68. The first-order valence-corrected chi connectivity index (χ1v) is 8.24. The Labute approximate surface area is 156 Å². The van der Waals surface area contributed by atoms with Gasteiger partial charge in [-0.25, -0.2) is 4.98 Å². The molecule has 1 aromatic heterocycles. The molecule has 2 N–H and O–H groups in total. The molecule has 128 valence electrons. The van der Waals surface area contributed by atoms with Crippen molar-refractivity contribution in [1.82, 2.24) is 4.98 Å². The number of hydrogen-bond acceptors (Lipinski definition) is 4. The van der Waals surface area contributed by atoms with E-state index in [1.165, 1.54) is 0 Å². The molecule has 5 nitrogen and oxygen atoms in total. The van der Waals surface area contributed by atoms with E-state index >= 15 is 0 Å². The van der Waals surface area contributed by atoms with Crippen molar-refractivity contribution in [3.8, 4) is 6.07 Å². The third kappa shape index (κ3) is 4.18. The fourth-order valence-corrected chi connectivity index (χ4v) is 2.51. The number of anilines is 3. The molecule has 6 heteroatoms. The molecule has 0 fully saturated rings. The molecule has 2 aromatic carbocycles. The monoisotopic (exact) mass is 362 g/mol.